The van der Waals surface area contributed by atoms with Crippen LogP contribution < -0.4 is 4.74 Å². The predicted octanol–water partition coefficient (Wildman–Crippen LogP) is 5.92. The fourth-order valence-corrected chi connectivity index (χ4v) is 3.91. The number of nitrogens with zero attached hydrogens (tertiary/aromatic N) is 1. The molecule has 0 amide bonds. The molecule has 3 nitrogen and oxygen atoms in total. The molecule has 144 valence electrons. The quantitative estimate of drug-likeness (QED) is 0.670. The van der Waals surface area contributed by atoms with Gasteiger partial charge in [-0.1, -0.05) is 32.9 Å². The average molecular weight is 369 g/mol. The van der Waals surface area contributed by atoms with E-state index in [-0.39, 0.29) is 22.9 Å². The number of rotatable bonds is 4. The molecule has 2 aromatic rings. The lowest BCUT2D eigenvalue weighted by Crippen LogP contribution is -2.26. The summed E-state index contributed by atoms with van der Waals surface area (Å²) in [5.41, 5.74) is 2.48. The fourth-order valence-electron chi connectivity index (χ4n) is 3.91. The number of fused-ring (bicyclic) bond motifs is 1. The van der Waals surface area contributed by atoms with Crippen molar-refractivity contribution in [2.75, 3.05) is 7.11 Å². The molecule has 0 radical (unpaired) electrons. The lowest BCUT2D eigenvalue weighted by molar-refractivity contribution is 0.239. The van der Waals surface area contributed by atoms with Crippen molar-refractivity contribution in [3.63, 3.8) is 0 Å². The summed E-state index contributed by atoms with van der Waals surface area (Å²) in [6.45, 7) is 10.8. The molecular formula is C23H28FNO2. The summed E-state index contributed by atoms with van der Waals surface area (Å²) in [7, 11) is 1.63. The van der Waals surface area contributed by atoms with Crippen molar-refractivity contribution in [1.29, 1.82) is 0 Å². The molecule has 1 unspecified atom stereocenters. The minimum Gasteiger partial charge on any atom is -0.497 e. The molecule has 0 saturated carbocycles. The van der Waals surface area contributed by atoms with Gasteiger partial charge in [0.15, 0.2) is 6.10 Å². The standard InChI is InChI=1S/C23H28FNO2/c1-22(2,3)14-23(4,5)25-21-18-12-9-16(24)13-19(18)20(27-21)15-7-10-17(26-6)11-8-15/h7-13,20H,14H2,1-6H3. The summed E-state index contributed by atoms with van der Waals surface area (Å²) in [6, 6.07) is 12.4. The van der Waals surface area contributed by atoms with E-state index in [1.165, 1.54) is 6.07 Å². The van der Waals surface area contributed by atoms with Crippen LogP contribution >= 0.6 is 0 Å². The number of hydrogen-bond donors (Lipinski definition) is 0. The highest BCUT2D eigenvalue weighted by Crippen LogP contribution is 2.39. The number of hydrogen-bond acceptors (Lipinski definition) is 3. The van der Waals surface area contributed by atoms with Crippen molar-refractivity contribution >= 4 is 5.90 Å². The van der Waals surface area contributed by atoms with E-state index < -0.39 is 0 Å². The van der Waals surface area contributed by atoms with Crippen LogP contribution in [0.1, 0.15) is 63.8 Å². The minimum atomic E-state index is -0.370. The Hall–Kier alpha value is -2.36. The zero-order valence-corrected chi connectivity index (χ0v) is 17.0. The monoisotopic (exact) mass is 369 g/mol. The molecule has 1 heterocycles. The van der Waals surface area contributed by atoms with Gasteiger partial charge in [-0.2, -0.15) is 0 Å². The smallest absolute Gasteiger partial charge is 0.218 e. The Morgan fingerprint density at radius 2 is 1.70 bits per heavy atom. The molecule has 0 fully saturated rings. The molecule has 4 heteroatoms. The number of methoxy groups -OCH3 is 1. The summed E-state index contributed by atoms with van der Waals surface area (Å²) >= 11 is 0. The van der Waals surface area contributed by atoms with Crippen LogP contribution in [0.2, 0.25) is 0 Å². The van der Waals surface area contributed by atoms with Gasteiger partial charge in [0.1, 0.15) is 11.6 Å². The van der Waals surface area contributed by atoms with Gasteiger partial charge >= 0.3 is 0 Å². The van der Waals surface area contributed by atoms with Crippen LogP contribution in [-0.2, 0) is 4.74 Å². The highest BCUT2D eigenvalue weighted by molar-refractivity contribution is 5.99. The highest BCUT2D eigenvalue weighted by atomic mass is 19.1. The van der Waals surface area contributed by atoms with Gasteiger partial charge < -0.3 is 9.47 Å². The Morgan fingerprint density at radius 3 is 2.30 bits per heavy atom. The molecule has 27 heavy (non-hydrogen) atoms. The molecule has 0 saturated heterocycles. The number of benzene rings is 2. The van der Waals surface area contributed by atoms with Crippen molar-refractivity contribution < 1.29 is 13.9 Å². The maximum Gasteiger partial charge on any atom is 0.218 e. The second-order valence-electron chi connectivity index (χ2n) is 8.97. The van der Waals surface area contributed by atoms with Gasteiger partial charge in [0.2, 0.25) is 5.90 Å². The zero-order valence-electron chi connectivity index (χ0n) is 17.0. The summed E-state index contributed by atoms with van der Waals surface area (Å²) in [6.07, 6.45) is 0.544. The Kier molecular flexibility index (Phi) is 5.02. The van der Waals surface area contributed by atoms with Crippen LogP contribution in [0.4, 0.5) is 4.39 Å². The van der Waals surface area contributed by atoms with E-state index in [2.05, 4.69) is 34.6 Å². The Morgan fingerprint density at radius 1 is 1.04 bits per heavy atom. The molecule has 0 bridgehead atoms. The first-order chi connectivity index (χ1) is 12.6. The zero-order chi connectivity index (χ0) is 19.8. The van der Waals surface area contributed by atoms with Crippen molar-refractivity contribution in [2.45, 2.75) is 52.7 Å². The third-order valence-corrected chi connectivity index (χ3v) is 4.54. The molecule has 1 atom stereocenters. The number of halogens is 1. The van der Waals surface area contributed by atoms with Gasteiger partial charge in [0, 0.05) is 11.1 Å². The van der Waals surface area contributed by atoms with Gasteiger partial charge in [-0.05, 0) is 61.6 Å². The van der Waals surface area contributed by atoms with Crippen LogP contribution in [0.5, 0.6) is 5.75 Å². The van der Waals surface area contributed by atoms with E-state index in [1.54, 1.807) is 19.2 Å². The number of ether oxygens (including phenoxy) is 2. The number of aliphatic imine (C=N–C) groups is 1. The van der Waals surface area contributed by atoms with Gasteiger partial charge in [-0.3, -0.25) is 0 Å². The first-order valence-corrected chi connectivity index (χ1v) is 9.28. The SMILES string of the molecule is COc1ccc(C2OC(=NC(C)(C)CC(C)(C)C)c3ccc(F)cc32)cc1. The molecule has 1 aliphatic heterocycles. The third-order valence-electron chi connectivity index (χ3n) is 4.54. The molecule has 1 aliphatic rings. The molecule has 0 aliphatic carbocycles. The van der Waals surface area contributed by atoms with Crippen LogP contribution in [-0.4, -0.2) is 18.5 Å². The minimum absolute atomic E-state index is 0.146. The van der Waals surface area contributed by atoms with E-state index in [0.717, 1.165) is 28.9 Å². The van der Waals surface area contributed by atoms with Crippen LogP contribution in [0.25, 0.3) is 0 Å². The van der Waals surface area contributed by atoms with E-state index in [0.29, 0.717) is 5.90 Å². The van der Waals surface area contributed by atoms with Crippen molar-refractivity contribution in [3.05, 3.63) is 65.0 Å². The van der Waals surface area contributed by atoms with Crippen LogP contribution in [0, 0.1) is 11.2 Å². The van der Waals surface area contributed by atoms with E-state index >= 15 is 0 Å². The second kappa shape index (κ2) is 6.99. The Bertz CT molecular complexity index is 848. The van der Waals surface area contributed by atoms with Crippen LogP contribution in [0.3, 0.4) is 0 Å². The lowest BCUT2D eigenvalue weighted by atomic mass is 9.82. The molecular weight excluding hydrogens is 341 g/mol. The summed E-state index contributed by atoms with van der Waals surface area (Å²) in [5, 5.41) is 0. The molecule has 2 aromatic carbocycles. The van der Waals surface area contributed by atoms with Crippen molar-refractivity contribution in [3.8, 4) is 5.75 Å². The predicted molar refractivity (Wildman–Crippen MR) is 107 cm³/mol. The maximum absolute atomic E-state index is 13.9. The van der Waals surface area contributed by atoms with Crippen molar-refractivity contribution in [2.24, 2.45) is 10.4 Å². The molecule has 0 N–H and O–H groups in total. The topological polar surface area (TPSA) is 30.8 Å². The summed E-state index contributed by atoms with van der Waals surface area (Å²) in [5.74, 6) is 1.09. The van der Waals surface area contributed by atoms with Crippen LogP contribution in [0.15, 0.2) is 47.5 Å². The first-order valence-electron chi connectivity index (χ1n) is 9.28. The fraction of sp³-hybridized carbons (Fsp3) is 0.435. The highest BCUT2D eigenvalue weighted by Gasteiger charge is 2.34. The van der Waals surface area contributed by atoms with Gasteiger partial charge in [0.25, 0.3) is 0 Å². The van der Waals surface area contributed by atoms with Crippen molar-refractivity contribution in [1.82, 2.24) is 0 Å². The largest absolute Gasteiger partial charge is 0.497 e. The molecule has 0 aromatic heterocycles. The Labute approximate surface area is 161 Å². The summed E-state index contributed by atoms with van der Waals surface area (Å²) < 4.78 is 25.4. The van der Waals surface area contributed by atoms with E-state index in [4.69, 9.17) is 14.5 Å². The average Bonchev–Trinajstić information content (AvgIpc) is 2.89. The third kappa shape index (κ3) is 4.49. The first kappa shape index (κ1) is 19.4. The second-order valence-corrected chi connectivity index (χ2v) is 8.97. The Balaban J connectivity index is 2.00. The van der Waals surface area contributed by atoms with Gasteiger partial charge in [0.05, 0.1) is 12.6 Å². The van der Waals surface area contributed by atoms with E-state index in [9.17, 15) is 4.39 Å². The molecule has 0 spiro atoms. The lowest BCUT2D eigenvalue weighted by Gasteiger charge is -2.29. The van der Waals surface area contributed by atoms with Gasteiger partial charge in [-0.15, -0.1) is 0 Å². The summed E-state index contributed by atoms with van der Waals surface area (Å²) in [4.78, 5) is 4.92. The maximum atomic E-state index is 13.9. The van der Waals surface area contributed by atoms with E-state index in [1.807, 2.05) is 24.3 Å². The van der Waals surface area contributed by atoms with Gasteiger partial charge in [-0.25, -0.2) is 9.38 Å². The normalized spacial score (nSPS) is 18.3. The molecule has 3 rings (SSSR count).